The summed E-state index contributed by atoms with van der Waals surface area (Å²) < 4.78 is 0. The smallest absolute Gasteiger partial charge is 0.276 e. The molecule has 0 bridgehead atoms. The fraction of sp³-hybridized carbons (Fsp3) is 0.474. The Bertz CT molecular complexity index is 809. The van der Waals surface area contributed by atoms with E-state index in [2.05, 4.69) is 20.4 Å². The molecule has 1 unspecified atom stereocenters. The highest BCUT2D eigenvalue weighted by Crippen LogP contribution is 2.19. The van der Waals surface area contributed by atoms with Crippen LogP contribution < -0.4 is 5.32 Å². The van der Waals surface area contributed by atoms with E-state index in [9.17, 15) is 9.59 Å². The third kappa shape index (κ3) is 4.00. The molecule has 1 aliphatic carbocycles. The molecule has 2 aliphatic rings. The van der Waals surface area contributed by atoms with E-state index in [1.807, 2.05) is 37.3 Å². The molecule has 1 aromatic carbocycles. The van der Waals surface area contributed by atoms with Gasteiger partial charge in [0.2, 0.25) is 5.91 Å². The SMILES string of the molecule is CC(C(=O)NC1CC1)N1CCN(C(=O)c2cnn(-c3ccccc3)n2)CC1. The van der Waals surface area contributed by atoms with Gasteiger partial charge in [0.1, 0.15) is 0 Å². The van der Waals surface area contributed by atoms with Gasteiger partial charge < -0.3 is 10.2 Å². The number of carbonyl (C=O) groups excluding carboxylic acids is 2. The predicted octanol–water partition coefficient (Wildman–Crippen LogP) is 0.692. The van der Waals surface area contributed by atoms with Gasteiger partial charge in [0.15, 0.2) is 5.69 Å². The molecule has 1 aromatic heterocycles. The minimum absolute atomic E-state index is 0.0862. The molecule has 4 rings (SSSR count). The van der Waals surface area contributed by atoms with E-state index in [1.54, 1.807) is 4.90 Å². The normalized spacial score (nSPS) is 18.9. The Morgan fingerprint density at radius 3 is 2.48 bits per heavy atom. The first kappa shape index (κ1) is 17.7. The molecule has 1 saturated carbocycles. The number of rotatable bonds is 5. The van der Waals surface area contributed by atoms with E-state index in [1.165, 1.54) is 11.0 Å². The molecule has 2 amide bonds. The summed E-state index contributed by atoms with van der Waals surface area (Å²) in [5, 5.41) is 11.6. The van der Waals surface area contributed by atoms with Crippen molar-refractivity contribution >= 4 is 11.8 Å². The molecule has 1 aliphatic heterocycles. The number of hydrogen-bond donors (Lipinski definition) is 1. The minimum Gasteiger partial charge on any atom is -0.352 e. The lowest BCUT2D eigenvalue weighted by atomic mass is 10.2. The zero-order valence-electron chi connectivity index (χ0n) is 15.4. The predicted molar refractivity (Wildman–Crippen MR) is 99.5 cm³/mol. The van der Waals surface area contributed by atoms with Crippen LogP contribution in [0.1, 0.15) is 30.3 Å². The van der Waals surface area contributed by atoms with Gasteiger partial charge in [-0.3, -0.25) is 14.5 Å². The number of hydrogen-bond acceptors (Lipinski definition) is 5. The molecular formula is C19H24N6O2. The Morgan fingerprint density at radius 1 is 1.11 bits per heavy atom. The van der Waals surface area contributed by atoms with E-state index in [0.717, 1.165) is 18.5 Å². The van der Waals surface area contributed by atoms with Crippen molar-refractivity contribution in [2.45, 2.75) is 31.8 Å². The van der Waals surface area contributed by atoms with Crippen LogP contribution >= 0.6 is 0 Å². The molecule has 8 nitrogen and oxygen atoms in total. The molecule has 8 heteroatoms. The van der Waals surface area contributed by atoms with Crippen LogP contribution in [0.15, 0.2) is 36.5 Å². The molecule has 2 fully saturated rings. The van der Waals surface area contributed by atoms with Crippen molar-refractivity contribution < 1.29 is 9.59 Å². The third-order valence-corrected chi connectivity index (χ3v) is 5.15. The average Bonchev–Trinajstić information content (AvgIpc) is 3.39. The lowest BCUT2D eigenvalue weighted by Crippen LogP contribution is -2.55. The topological polar surface area (TPSA) is 83.4 Å². The van der Waals surface area contributed by atoms with Crippen molar-refractivity contribution in [3.63, 3.8) is 0 Å². The van der Waals surface area contributed by atoms with Crippen LogP contribution in [0.4, 0.5) is 0 Å². The molecule has 27 heavy (non-hydrogen) atoms. The van der Waals surface area contributed by atoms with Crippen LogP contribution in [0.2, 0.25) is 0 Å². The van der Waals surface area contributed by atoms with E-state index < -0.39 is 0 Å². The number of carbonyl (C=O) groups is 2. The van der Waals surface area contributed by atoms with Gasteiger partial charge >= 0.3 is 0 Å². The average molecular weight is 368 g/mol. The second kappa shape index (κ2) is 7.48. The highest BCUT2D eigenvalue weighted by atomic mass is 16.2. The van der Waals surface area contributed by atoms with Gasteiger partial charge in [-0.25, -0.2) is 0 Å². The first-order chi connectivity index (χ1) is 13.1. The lowest BCUT2D eigenvalue weighted by Gasteiger charge is -2.37. The maximum atomic E-state index is 12.7. The van der Waals surface area contributed by atoms with Gasteiger partial charge in [-0.2, -0.15) is 9.90 Å². The summed E-state index contributed by atoms with van der Waals surface area (Å²) in [6.07, 6.45) is 3.68. The van der Waals surface area contributed by atoms with E-state index >= 15 is 0 Å². The Kier molecular flexibility index (Phi) is 4.89. The molecule has 1 atom stereocenters. The first-order valence-corrected chi connectivity index (χ1v) is 9.43. The molecule has 0 radical (unpaired) electrons. The van der Waals surface area contributed by atoms with Gasteiger partial charge in [-0.05, 0) is 31.9 Å². The van der Waals surface area contributed by atoms with Crippen molar-refractivity contribution in [1.29, 1.82) is 0 Å². The summed E-state index contributed by atoms with van der Waals surface area (Å²) in [6, 6.07) is 9.71. The monoisotopic (exact) mass is 368 g/mol. The fourth-order valence-electron chi connectivity index (χ4n) is 3.24. The standard InChI is InChI=1S/C19H24N6O2/c1-14(18(26)21-15-7-8-15)23-9-11-24(12-10-23)19(27)17-13-20-25(22-17)16-5-3-2-4-6-16/h2-6,13-15H,7-12H2,1H3,(H,21,26). The van der Waals surface area contributed by atoms with Crippen molar-refractivity contribution in [2.24, 2.45) is 0 Å². The summed E-state index contributed by atoms with van der Waals surface area (Å²) in [6.45, 7) is 4.45. The number of aromatic nitrogens is 3. The number of benzene rings is 1. The summed E-state index contributed by atoms with van der Waals surface area (Å²) in [4.78, 5) is 30.3. The van der Waals surface area contributed by atoms with Crippen molar-refractivity contribution in [1.82, 2.24) is 30.1 Å². The Morgan fingerprint density at radius 2 is 1.81 bits per heavy atom. The molecule has 0 spiro atoms. The molecule has 2 heterocycles. The van der Waals surface area contributed by atoms with Crippen molar-refractivity contribution in [3.8, 4) is 5.69 Å². The Labute approximate surface area is 158 Å². The molecule has 142 valence electrons. The highest BCUT2D eigenvalue weighted by Gasteiger charge is 2.31. The van der Waals surface area contributed by atoms with Gasteiger partial charge in [0, 0.05) is 32.2 Å². The summed E-state index contributed by atoms with van der Waals surface area (Å²) in [5.74, 6) is -0.0324. The van der Waals surface area contributed by atoms with Crippen LogP contribution in [0.3, 0.4) is 0 Å². The maximum absolute atomic E-state index is 12.7. The summed E-state index contributed by atoms with van der Waals surface area (Å²) in [5.41, 5.74) is 1.16. The largest absolute Gasteiger partial charge is 0.352 e. The summed E-state index contributed by atoms with van der Waals surface area (Å²) >= 11 is 0. The second-order valence-electron chi connectivity index (χ2n) is 7.14. The maximum Gasteiger partial charge on any atom is 0.276 e. The molecule has 2 aromatic rings. The number of amides is 2. The van der Waals surface area contributed by atoms with Crippen molar-refractivity contribution in [3.05, 3.63) is 42.2 Å². The van der Waals surface area contributed by atoms with Gasteiger partial charge in [0.05, 0.1) is 17.9 Å². The van der Waals surface area contributed by atoms with Crippen LogP contribution in [-0.2, 0) is 4.79 Å². The zero-order valence-corrected chi connectivity index (χ0v) is 15.4. The van der Waals surface area contributed by atoms with E-state index in [-0.39, 0.29) is 17.9 Å². The van der Waals surface area contributed by atoms with Gasteiger partial charge in [-0.1, -0.05) is 18.2 Å². The Balaban J connectivity index is 1.33. The van der Waals surface area contributed by atoms with Crippen LogP contribution in [-0.4, -0.2) is 74.9 Å². The zero-order chi connectivity index (χ0) is 18.8. The first-order valence-electron chi connectivity index (χ1n) is 9.43. The van der Waals surface area contributed by atoms with Crippen LogP contribution in [0.5, 0.6) is 0 Å². The quantitative estimate of drug-likeness (QED) is 0.840. The molecule has 1 saturated heterocycles. The number of nitrogens with one attached hydrogen (secondary N) is 1. The second-order valence-corrected chi connectivity index (χ2v) is 7.14. The van der Waals surface area contributed by atoms with Crippen LogP contribution in [0, 0.1) is 0 Å². The number of piperazine rings is 1. The van der Waals surface area contributed by atoms with Crippen LogP contribution in [0.25, 0.3) is 5.69 Å². The molecule has 1 N–H and O–H groups in total. The van der Waals surface area contributed by atoms with Gasteiger partial charge in [-0.15, -0.1) is 5.10 Å². The van der Waals surface area contributed by atoms with E-state index in [0.29, 0.717) is 37.9 Å². The fourth-order valence-corrected chi connectivity index (χ4v) is 3.24. The van der Waals surface area contributed by atoms with Crippen molar-refractivity contribution in [2.75, 3.05) is 26.2 Å². The van der Waals surface area contributed by atoms with Gasteiger partial charge in [0.25, 0.3) is 5.91 Å². The molecular weight excluding hydrogens is 344 g/mol. The lowest BCUT2D eigenvalue weighted by molar-refractivity contribution is -0.126. The minimum atomic E-state index is -0.165. The summed E-state index contributed by atoms with van der Waals surface area (Å²) in [7, 11) is 0. The number of para-hydroxylation sites is 1. The highest BCUT2D eigenvalue weighted by molar-refractivity contribution is 5.92. The van der Waals surface area contributed by atoms with E-state index in [4.69, 9.17) is 0 Å². The Hall–Kier alpha value is -2.74. The number of nitrogens with zero attached hydrogens (tertiary/aromatic N) is 5. The third-order valence-electron chi connectivity index (χ3n) is 5.15.